The number of hydrogen-bond donors (Lipinski definition) is 5. The first kappa shape index (κ1) is 56.0. The molecule has 428 valence electrons. The van der Waals surface area contributed by atoms with Crippen LogP contribution in [-0.2, 0) is 25.5 Å². The Morgan fingerprint density at radius 1 is 0.889 bits per heavy atom. The number of aromatic nitrogens is 3. The van der Waals surface area contributed by atoms with Crippen molar-refractivity contribution in [2.24, 2.45) is 10.8 Å². The van der Waals surface area contributed by atoms with Gasteiger partial charge < -0.3 is 50.3 Å². The average molecular weight is 1110 g/mol. The Morgan fingerprint density at radius 2 is 1.62 bits per heavy atom. The van der Waals surface area contributed by atoms with Crippen molar-refractivity contribution in [2.75, 3.05) is 57.4 Å². The minimum absolute atomic E-state index is 0.0348. The maximum Gasteiger partial charge on any atom is 0.319 e. The molecular weight excluding hydrogens is 1040 g/mol. The highest BCUT2D eigenvalue weighted by molar-refractivity contribution is 6.02. The molecule has 4 saturated heterocycles. The number of pyridine rings is 1. The molecule has 0 spiro atoms. The Hall–Kier alpha value is -6.93. The second-order valence-corrected chi connectivity index (χ2v) is 24.2. The molecule has 2 aromatic heterocycles. The molecule has 0 radical (unpaired) electrons. The SMILES string of the molecule is CCc1c(F)ccc2cc(O)cc(-c3ncc4c(N5CC6CCC(C5)N6)nc(OCC5(CN6CCC(OCC(=O)N[C@H](C(=O)N7C[C@H](O)C[C@H]7C(=O)N[C@@H](C)c7ccc(-c8ccccc8F)cc7)C(C)(C)C)CC6)CC5)nc4c3F)c12. The third-order valence-corrected chi connectivity index (χ3v) is 17.2. The maximum absolute atomic E-state index is 17.2. The third kappa shape index (κ3) is 11.9. The Bertz CT molecular complexity index is 3340. The number of nitrogens with one attached hydrogen (secondary N) is 3. The van der Waals surface area contributed by atoms with Crippen molar-refractivity contribution in [3.63, 3.8) is 0 Å². The van der Waals surface area contributed by atoms with Crippen LogP contribution in [0.1, 0.15) is 96.7 Å². The van der Waals surface area contributed by atoms with E-state index in [1.165, 1.54) is 29.2 Å². The molecule has 11 rings (SSSR count). The highest BCUT2D eigenvalue weighted by atomic mass is 19.1. The summed E-state index contributed by atoms with van der Waals surface area (Å²) in [5, 5.41) is 32.6. The number of aryl methyl sites for hydroxylation is 1. The van der Waals surface area contributed by atoms with E-state index in [0.29, 0.717) is 77.6 Å². The fraction of sp³-hybridized carbons (Fsp3) is 0.484. The summed E-state index contributed by atoms with van der Waals surface area (Å²) in [4.78, 5) is 61.9. The van der Waals surface area contributed by atoms with Crippen LogP contribution in [0.5, 0.6) is 11.8 Å². The molecule has 2 bridgehead atoms. The van der Waals surface area contributed by atoms with Gasteiger partial charge in [-0.3, -0.25) is 19.4 Å². The molecule has 81 heavy (non-hydrogen) atoms. The number of likely N-dealkylation sites (tertiary alicyclic amines) is 2. The van der Waals surface area contributed by atoms with Crippen LogP contribution in [0, 0.1) is 28.3 Å². The number of carbonyl (C=O) groups is 3. The van der Waals surface area contributed by atoms with Crippen molar-refractivity contribution in [3.05, 3.63) is 108 Å². The van der Waals surface area contributed by atoms with E-state index in [4.69, 9.17) is 19.4 Å². The van der Waals surface area contributed by atoms with Gasteiger partial charge in [-0.2, -0.15) is 9.97 Å². The number of amides is 3. The molecule has 6 heterocycles. The Labute approximate surface area is 469 Å². The highest BCUT2D eigenvalue weighted by Gasteiger charge is 2.47. The lowest BCUT2D eigenvalue weighted by molar-refractivity contribution is -0.145. The molecule has 3 amide bonds. The summed E-state index contributed by atoms with van der Waals surface area (Å²) >= 11 is 0. The zero-order valence-corrected chi connectivity index (χ0v) is 46.6. The van der Waals surface area contributed by atoms with E-state index < -0.39 is 59.0 Å². The van der Waals surface area contributed by atoms with Gasteiger partial charge in [0.25, 0.3) is 0 Å². The van der Waals surface area contributed by atoms with Crippen LogP contribution in [-0.4, -0.2) is 142 Å². The number of piperidine rings is 1. The molecule has 1 aliphatic carbocycles. The van der Waals surface area contributed by atoms with Crippen LogP contribution in [0.15, 0.2) is 79.0 Å². The lowest BCUT2D eigenvalue weighted by Crippen LogP contribution is -2.58. The summed E-state index contributed by atoms with van der Waals surface area (Å²) in [6.45, 7) is 12.7. The number of halogens is 3. The first-order valence-corrected chi connectivity index (χ1v) is 28.5. The second-order valence-electron chi connectivity index (χ2n) is 24.2. The summed E-state index contributed by atoms with van der Waals surface area (Å²) < 4.78 is 59.5. The quantitative estimate of drug-likeness (QED) is 0.0588. The van der Waals surface area contributed by atoms with Gasteiger partial charge in [0.15, 0.2) is 5.82 Å². The number of rotatable bonds is 17. The van der Waals surface area contributed by atoms with E-state index in [0.717, 1.165) is 50.9 Å². The number of ether oxygens (including phenoxy) is 2. The molecule has 6 atom stereocenters. The number of aliphatic hydroxyl groups excluding tert-OH is 1. The lowest BCUT2D eigenvalue weighted by Gasteiger charge is -2.36. The minimum Gasteiger partial charge on any atom is -0.508 e. The van der Waals surface area contributed by atoms with E-state index in [1.807, 2.05) is 46.8 Å². The number of fused-ring (bicyclic) bond motifs is 4. The number of aromatic hydroxyl groups is 1. The molecule has 19 heteroatoms. The van der Waals surface area contributed by atoms with Crippen molar-refractivity contribution in [1.29, 1.82) is 0 Å². The van der Waals surface area contributed by atoms with Crippen LogP contribution in [0.2, 0.25) is 0 Å². The van der Waals surface area contributed by atoms with Crippen molar-refractivity contribution in [2.45, 2.75) is 128 Å². The van der Waals surface area contributed by atoms with Gasteiger partial charge in [-0.05, 0) is 109 Å². The van der Waals surface area contributed by atoms with Gasteiger partial charge in [0.05, 0.1) is 30.2 Å². The molecule has 5 aliphatic rings. The molecule has 5 fully saturated rings. The predicted octanol–water partition coefficient (Wildman–Crippen LogP) is 8.15. The second kappa shape index (κ2) is 22.8. The molecule has 2 unspecified atom stereocenters. The molecule has 4 aliphatic heterocycles. The number of aliphatic hydroxyl groups is 1. The van der Waals surface area contributed by atoms with Gasteiger partial charge in [0.2, 0.25) is 17.7 Å². The number of carbonyl (C=O) groups excluding carboxylic acids is 3. The monoisotopic (exact) mass is 1110 g/mol. The fourth-order valence-corrected chi connectivity index (χ4v) is 12.5. The van der Waals surface area contributed by atoms with E-state index in [2.05, 4.69) is 30.7 Å². The number of β-amino-alcohol motifs (C(OH)–C–C–N with tert-alkyl or cyclic N) is 1. The average Bonchev–Trinajstić information content (AvgIpc) is 4.15. The number of phenols is 1. The van der Waals surface area contributed by atoms with E-state index in [9.17, 15) is 29.0 Å². The first-order chi connectivity index (χ1) is 38.8. The predicted molar refractivity (Wildman–Crippen MR) is 302 cm³/mol. The number of anilines is 1. The molecule has 4 aromatic carbocycles. The van der Waals surface area contributed by atoms with Gasteiger partial charge in [-0.15, -0.1) is 0 Å². The van der Waals surface area contributed by atoms with Crippen molar-refractivity contribution in [3.8, 4) is 34.1 Å². The van der Waals surface area contributed by atoms with Crippen LogP contribution in [0.3, 0.4) is 0 Å². The number of phenolic OH excluding ortho intramolecular Hbond substituents is 1. The molecular formula is C62H72F3N9O7. The topological polar surface area (TPSA) is 195 Å². The minimum atomic E-state index is -1.01. The number of benzene rings is 4. The highest BCUT2D eigenvalue weighted by Crippen LogP contribution is 2.47. The van der Waals surface area contributed by atoms with Gasteiger partial charge in [-0.25, -0.2) is 13.2 Å². The number of piperazine rings is 1. The first-order valence-electron chi connectivity index (χ1n) is 28.5. The third-order valence-electron chi connectivity index (χ3n) is 17.2. The summed E-state index contributed by atoms with van der Waals surface area (Å²) in [7, 11) is 0. The smallest absolute Gasteiger partial charge is 0.319 e. The zero-order chi connectivity index (χ0) is 56.9. The summed E-state index contributed by atoms with van der Waals surface area (Å²) in [6.07, 6.45) is 6.14. The maximum atomic E-state index is 17.2. The zero-order valence-electron chi connectivity index (χ0n) is 46.6. The Morgan fingerprint density at radius 3 is 2.31 bits per heavy atom. The van der Waals surface area contributed by atoms with Crippen molar-refractivity contribution < 1.29 is 47.2 Å². The van der Waals surface area contributed by atoms with Gasteiger partial charge in [0.1, 0.15) is 53.1 Å². The normalized spacial score (nSPS) is 21.8. The summed E-state index contributed by atoms with van der Waals surface area (Å²) in [5.41, 5.74) is 1.68. The van der Waals surface area contributed by atoms with Crippen molar-refractivity contribution in [1.82, 2.24) is 40.7 Å². The Balaban J connectivity index is 0.701. The largest absolute Gasteiger partial charge is 0.508 e. The van der Waals surface area contributed by atoms with Crippen LogP contribution >= 0.6 is 0 Å². The fourth-order valence-electron chi connectivity index (χ4n) is 12.5. The Kier molecular flexibility index (Phi) is 15.7. The van der Waals surface area contributed by atoms with E-state index in [-0.39, 0.29) is 77.5 Å². The van der Waals surface area contributed by atoms with E-state index >= 15 is 8.78 Å². The van der Waals surface area contributed by atoms with Crippen LogP contribution < -0.4 is 25.6 Å². The lowest BCUT2D eigenvalue weighted by atomic mass is 9.85. The van der Waals surface area contributed by atoms with Gasteiger partial charge in [-0.1, -0.05) is 76.2 Å². The van der Waals surface area contributed by atoms with Gasteiger partial charge >= 0.3 is 6.01 Å². The van der Waals surface area contributed by atoms with E-state index in [1.54, 1.807) is 42.6 Å². The van der Waals surface area contributed by atoms with Crippen molar-refractivity contribution >= 4 is 45.2 Å². The summed E-state index contributed by atoms with van der Waals surface area (Å²) in [5.74, 6) is -2.38. The molecule has 6 aromatic rings. The standard InChI is InChI=1S/C62H72F3N9O7/c1-6-44-49(64)18-15-38-25-41(75)26-46(52(38)44)54-53(65)55-47(28-66-54)57(73-29-39-16-17-40(30-73)68-39)71-60(70-55)81-34-62(21-22-62)33-72-23-19-43(20-24-72)80-32-51(77)69-56(61(3,4)5)59(79)74-31-42(76)27-50(74)58(78)67-35(2)36-11-13-37(14-12-36)45-9-7-8-10-48(45)63/h7-15,18,25-26,28,35,39-40,42-43,50,56,68,75-76H,6,16-17,19-24,27,29-34H2,1-5H3,(H,67,78)(H,69,77)/t35-,39?,40?,42+,50-,56+/m0/s1. The summed E-state index contributed by atoms with van der Waals surface area (Å²) in [6, 6.07) is 17.8. The molecule has 5 N–H and O–H groups in total. The number of nitrogens with zero attached hydrogens (tertiary/aromatic N) is 6. The number of hydrogen-bond acceptors (Lipinski definition) is 13. The van der Waals surface area contributed by atoms with Gasteiger partial charge in [0, 0.05) is 80.5 Å². The van der Waals surface area contributed by atoms with Crippen LogP contribution in [0.25, 0.3) is 44.1 Å². The molecule has 16 nitrogen and oxygen atoms in total. The molecule has 1 saturated carbocycles. The van der Waals surface area contributed by atoms with Crippen LogP contribution in [0.4, 0.5) is 19.0 Å².